The molecule has 1 aromatic carbocycles. The minimum atomic E-state index is -0.264. The Morgan fingerprint density at radius 2 is 1.25 bits per heavy atom. The molecule has 0 unspecified atom stereocenters. The standard InChI is InChI=1S/C6H2Cl4OS/c7-1-2(8)4(10)6(12)5(11)3(1)9/h11-12H. The van der Waals surface area contributed by atoms with Gasteiger partial charge in [0.2, 0.25) is 0 Å². The zero-order chi connectivity index (χ0) is 9.46. The van der Waals surface area contributed by atoms with Crippen LogP contribution in [-0.2, 0) is 0 Å². The number of halogens is 4. The Morgan fingerprint density at radius 1 is 0.833 bits per heavy atom. The normalized spacial score (nSPS) is 10.4. The summed E-state index contributed by atoms with van der Waals surface area (Å²) in [6.07, 6.45) is 0. The van der Waals surface area contributed by atoms with Crippen LogP contribution in [0.25, 0.3) is 0 Å². The molecule has 12 heavy (non-hydrogen) atoms. The van der Waals surface area contributed by atoms with Crippen molar-refractivity contribution in [3.8, 4) is 5.75 Å². The largest absolute Gasteiger partial charge is 0.505 e. The molecule has 0 radical (unpaired) electrons. The predicted molar refractivity (Wildman–Crippen MR) is 55.4 cm³/mol. The lowest BCUT2D eigenvalue weighted by Gasteiger charge is -2.07. The van der Waals surface area contributed by atoms with E-state index in [1.165, 1.54) is 0 Å². The number of phenolic OH excluding ortho intramolecular Hbond substituents is 1. The molecule has 1 aromatic rings. The van der Waals surface area contributed by atoms with Gasteiger partial charge in [-0.3, -0.25) is 0 Å². The summed E-state index contributed by atoms with van der Waals surface area (Å²) < 4.78 is 0. The molecule has 0 aliphatic heterocycles. The molecule has 0 fully saturated rings. The molecule has 0 bridgehead atoms. The van der Waals surface area contributed by atoms with Crippen molar-refractivity contribution in [2.75, 3.05) is 0 Å². The Balaban J connectivity index is 3.60. The van der Waals surface area contributed by atoms with E-state index in [2.05, 4.69) is 12.6 Å². The van der Waals surface area contributed by atoms with Crippen molar-refractivity contribution >= 4 is 59.0 Å². The van der Waals surface area contributed by atoms with Gasteiger partial charge in [-0.2, -0.15) is 0 Å². The number of hydrogen-bond acceptors (Lipinski definition) is 2. The van der Waals surface area contributed by atoms with Gasteiger partial charge < -0.3 is 5.11 Å². The van der Waals surface area contributed by atoms with Crippen molar-refractivity contribution in [3.05, 3.63) is 20.1 Å². The zero-order valence-electron chi connectivity index (χ0n) is 5.41. The van der Waals surface area contributed by atoms with Crippen molar-refractivity contribution < 1.29 is 5.11 Å². The molecule has 6 heteroatoms. The Bertz CT molecular complexity index is 234. The Kier molecular flexibility index (Phi) is 3.29. The van der Waals surface area contributed by atoms with Gasteiger partial charge in [-0.05, 0) is 0 Å². The van der Waals surface area contributed by atoms with Crippen LogP contribution in [0.1, 0.15) is 0 Å². The fraction of sp³-hybridized carbons (Fsp3) is 0. The predicted octanol–water partition coefficient (Wildman–Crippen LogP) is 4.29. The first-order chi connectivity index (χ1) is 5.46. The van der Waals surface area contributed by atoms with Crippen LogP contribution in [0.5, 0.6) is 5.75 Å². The van der Waals surface area contributed by atoms with E-state index in [9.17, 15) is 5.11 Å². The van der Waals surface area contributed by atoms with E-state index in [4.69, 9.17) is 46.4 Å². The number of thiol groups is 1. The highest BCUT2D eigenvalue weighted by Crippen LogP contribution is 2.46. The van der Waals surface area contributed by atoms with Crippen molar-refractivity contribution in [3.63, 3.8) is 0 Å². The van der Waals surface area contributed by atoms with Crippen molar-refractivity contribution in [1.82, 2.24) is 0 Å². The van der Waals surface area contributed by atoms with Gasteiger partial charge >= 0.3 is 0 Å². The monoisotopic (exact) mass is 262 g/mol. The van der Waals surface area contributed by atoms with Gasteiger partial charge in [0.05, 0.1) is 20.0 Å². The van der Waals surface area contributed by atoms with E-state index < -0.39 is 0 Å². The van der Waals surface area contributed by atoms with Crippen molar-refractivity contribution in [1.29, 1.82) is 0 Å². The average Bonchev–Trinajstić information content (AvgIpc) is 2.08. The maximum absolute atomic E-state index is 9.26. The Morgan fingerprint density at radius 3 is 1.75 bits per heavy atom. The average molecular weight is 264 g/mol. The smallest absolute Gasteiger partial charge is 0.150 e. The van der Waals surface area contributed by atoms with Crippen LogP contribution in [0.15, 0.2) is 4.90 Å². The third-order valence-electron chi connectivity index (χ3n) is 1.22. The fourth-order valence-corrected chi connectivity index (χ4v) is 1.81. The molecule has 66 valence electrons. The van der Waals surface area contributed by atoms with Gasteiger partial charge in [-0.1, -0.05) is 46.4 Å². The summed E-state index contributed by atoms with van der Waals surface area (Å²) in [6, 6.07) is 0. The number of aromatic hydroxyl groups is 1. The van der Waals surface area contributed by atoms with E-state index >= 15 is 0 Å². The number of rotatable bonds is 0. The lowest BCUT2D eigenvalue weighted by molar-refractivity contribution is 0.463. The van der Waals surface area contributed by atoms with Gasteiger partial charge in [0.25, 0.3) is 0 Å². The van der Waals surface area contributed by atoms with Gasteiger partial charge in [0.15, 0.2) is 5.75 Å². The summed E-state index contributed by atoms with van der Waals surface area (Å²) in [5.41, 5.74) is 0. The van der Waals surface area contributed by atoms with Crippen molar-refractivity contribution in [2.45, 2.75) is 4.90 Å². The second-order valence-electron chi connectivity index (χ2n) is 1.95. The third-order valence-corrected chi connectivity index (χ3v) is 3.58. The summed E-state index contributed by atoms with van der Waals surface area (Å²) in [4.78, 5) is 0.121. The maximum Gasteiger partial charge on any atom is 0.150 e. The topological polar surface area (TPSA) is 20.2 Å². The maximum atomic E-state index is 9.26. The summed E-state index contributed by atoms with van der Waals surface area (Å²) in [7, 11) is 0. The quantitative estimate of drug-likeness (QED) is 0.406. The van der Waals surface area contributed by atoms with Crippen LogP contribution in [-0.4, -0.2) is 5.11 Å². The van der Waals surface area contributed by atoms with E-state index in [0.29, 0.717) is 0 Å². The molecule has 0 saturated heterocycles. The molecule has 0 atom stereocenters. The minimum absolute atomic E-state index is 0.0265. The van der Waals surface area contributed by atoms with Crippen LogP contribution in [0.3, 0.4) is 0 Å². The van der Waals surface area contributed by atoms with E-state index in [1.807, 2.05) is 0 Å². The van der Waals surface area contributed by atoms with E-state index in [1.54, 1.807) is 0 Å². The second-order valence-corrected chi connectivity index (χ2v) is 3.91. The molecular weight excluding hydrogens is 262 g/mol. The molecular formula is C6H2Cl4OS. The molecule has 1 N–H and O–H groups in total. The molecule has 0 saturated carbocycles. The Labute approximate surface area is 94.6 Å². The van der Waals surface area contributed by atoms with Crippen LogP contribution >= 0.6 is 59.0 Å². The highest BCUT2D eigenvalue weighted by atomic mass is 35.5. The highest BCUT2D eigenvalue weighted by Gasteiger charge is 2.17. The molecule has 0 aliphatic rings. The first-order valence-electron chi connectivity index (χ1n) is 2.70. The molecule has 0 spiro atoms. The summed E-state index contributed by atoms with van der Waals surface area (Å²) in [6.45, 7) is 0. The van der Waals surface area contributed by atoms with Gasteiger partial charge in [0, 0.05) is 0 Å². The summed E-state index contributed by atoms with van der Waals surface area (Å²) in [5.74, 6) is -0.264. The summed E-state index contributed by atoms with van der Waals surface area (Å²) >= 11 is 26.4. The van der Waals surface area contributed by atoms with Crippen LogP contribution in [0.2, 0.25) is 20.1 Å². The Hall–Kier alpha value is 0.530. The molecule has 0 aromatic heterocycles. The number of phenols is 1. The molecule has 0 amide bonds. The van der Waals surface area contributed by atoms with E-state index in [0.717, 1.165) is 0 Å². The molecule has 1 nitrogen and oxygen atoms in total. The van der Waals surface area contributed by atoms with Crippen LogP contribution in [0, 0.1) is 0 Å². The van der Waals surface area contributed by atoms with Crippen molar-refractivity contribution in [2.24, 2.45) is 0 Å². The molecule has 0 aliphatic carbocycles. The number of benzene rings is 1. The van der Waals surface area contributed by atoms with Crippen LogP contribution in [0.4, 0.5) is 0 Å². The lowest BCUT2D eigenvalue weighted by Crippen LogP contribution is -1.79. The zero-order valence-corrected chi connectivity index (χ0v) is 9.32. The summed E-state index contributed by atoms with van der Waals surface area (Å²) in [5, 5.41) is 9.42. The SMILES string of the molecule is Oc1c(S)c(Cl)c(Cl)c(Cl)c1Cl. The van der Waals surface area contributed by atoms with Gasteiger partial charge in [-0.15, -0.1) is 12.6 Å². The van der Waals surface area contributed by atoms with E-state index in [-0.39, 0.29) is 30.7 Å². The molecule has 1 rings (SSSR count). The highest BCUT2D eigenvalue weighted by molar-refractivity contribution is 7.80. The fourth-order valence-electron chi connectivity index (χ4n) is 0.609. The minimum Gasteiger partial charge on any atom is -0.505 e. The van der Waals surface area contributed by atoms with Gasteiger partial charge in [0.1, 0.15) is 5.02 Å². The molecule has 0 heterocycles. The van der Waals surface area contributed by atoms with Gasteiger partial charge in [-0.25, -0.2) is 0 Å². The van der Waals surface area contributed by atoms with Crippen LogP contribution < -0.4 is 0 Å². The first-order valence-corrected chi connectivity index (χ1v) is 4.66. The number of hydrogen-bond donors (Lipinski definition) is 2. The third kappa shape index (κ3) is 1.59. The second kappa shape index (κ2) is 3.72. The lowest BCUT2D eigenvalue weighted by atomic mass is 10.3. The first kappa shape index (κ1) is 10.6.